The van der Waals surface area contributed by atoms with Gasteiger partial charge in [-0.15, -0.1) is 0 Å². The third-order valence-corrected chi connectivity index (χ3v) is 4.45. The molecule has 0 aromatic rings. The van der Waals surface area contributed by atoms with E-state index in [-0.39, 0.29) is 12.0 Å². The number of carbonyl (C=O) groups is 1. The van der Waals surface area contributed by atoms with Crippen molar-refractivity contribution in [3.05, 3.63) is 0 Å². The second-order valence-corrected chi connectivity index (χ2v) is 6.73. The Bertz CT molecular complexity index is 361. The average Bonchev–Trinajstić information content (AvgIpc) is 2.87. The molecule has 2 fully saturated rings. The molecule has 0 amide bonds. The van der Waals surface area contributed by atoms with Gasteiger partial charge in [-0.3, -0.25) is 15.0 Å². The molecule has 21 heavy (non-hydrogen) atoms. The fraction of sp³-hybridized carbons (Fsp3) is 0.938. The predicted molar refractivity (Wildman–Crippen MR) is 82.3 cm³/mol. The molecule has 0 bridgehead atoms. The molecule has 0 aromatic carbocycles. The quantitative estimate of drug-likeness (QED) is 0.754. The molecule has 3 atom stereocenters. The minimum Gasteiger partial charge on any atom is -0.465 e. The third kappa shape index (κ3) is 3.96. The molecule has 122 valence electrons. The second-order valence-electron chi connectivity index (χ2n) is 6.73. The Hall–Kier alpha value is -0.650. The first-order valence-corrected chi connectivity index (χ1v) is 8.27. The maximum atomic E-state index is 12.4. The summed E-state index contributed by atoms with van der Waals surface area (Å²) >= 11 is 0. The van der Waals surface area contributed by atoms with Crippen molar-refractivity contribution in [1.82, 2.24) is 10.2 Å². The zero-order chi connectivity index (χ0) is 15.5. The topological polar surface area (TPSA) is 50.8 Å². The molecule has 2 aliphatic rings. The molecule has 1 aliphatic carbocycles. The Morgan fingerprint density at radius 2 is 2.24 bits per heavy atom. The lowest BCUT2D eigenvalue weighted by Gasteiger charge is -2.42. The highest BCUT2D eigenvalue weighted by molar-refractivity contribution is 5.80. The number of ether oxygens (including phenoxy) is 2. The first-order chi connectivity index (χ1) is 9.96. The van der Waals surface area contributed by atoms with E-state index >= 15 is 0 Å². The van der Waals surface area contributed by atoms with E-state index in [1.165, 1.54) is 12.8 Å². The van der Waals surface area contributed by atoms with Crippen LogP contribution in [-0.2, 0) is 14.3 Å². The van der Waals surface area contributed by atoms with Gasteiger partial charge in [0.15, 0.2) is 0 Å². The van der Waals surface area contributed by atoms with Crippen LogP contribution in [0.5, 0.6) is 0 Å². The van der Waals surface area contributed by atoms with Gasteiger partial charge in [-0.1, -0.05) is 0 Å². The molecule has 5 nitrogen and oxygen atoms in total. The van der Waals surface area contributed by atoms with Crippen LogP contribution < -0.4 is 5.32 Å². The SMILES string of the molecule is CCOC(=O)C(C)(CN1CCOC2CCCC21)NC(C)C. The molecule has 3 unspecified atom stereocenters. The van der Waals surface area contributed by atoms with Crippen molar-refractivity contribution in [2.45, 2.75) is 70.7 Å². The predicted octanol–water partition coefficient (Wildman–Crippen LogP) is 1.56. The lowest BCUT2D eigenvalue weighted by Crippen LogP contribution is -2.63. The summed E-state index contributed by atoms with van der Waals surface area (Å²) in [6.45, 7) is 10.7. The van der Waals surface area contributed by atoms with E-state index in [2.05, 4.69) is 24.1 Å². The van der Waals surface area contributed by atoms with Gasteiger partial charge in [0.05, 0.1) is 19.3 Å². The van der Waals surface area contributed by atoms with Crippen molar-refractivity contribution >= 4 is 5.97 Å². The molecule has 0 aromatic heterocycles. The van der Waals surface area contributed by atoms with Gasteiger partial charge >= 0.3 is 5.97 Å². The number of rotatable bonds is 6. The molecular formula is C16H30N2O3. The fourth-order valence-corrected chi connectivity index (χ4v) is 3.70. The van der Waals surface area contributed by atoms with Crippen molar-refractivity contribution in [3.8, 4) is 0 Å². The van der Waals surface area contributed by atoms with E-state index in [9.17, 15) is 4.79 Å². The number of hydrogen-bond donors (Lipinski definition) is 1. The summed E-state index contributed by atoms with van der Waals surface area (Å²) in [5.41, 5.74) is -0.658. The molecule has 2 rings (SSSR count). The standard InChI is InChI=1S/C16H30N2O3/c1-5-20-15(19)16(4,17-12(2)3)11-18-9-10-21-14-8-6-7-13(14)18/h12-14,17H,5-11H2,1-4H3. The lowest BCUT2D eigenvalue weighted by atomic mass is 9.98. The monoisotopic (exact) mass is 298 g/mol. The van der Waals surface area contributed by atoms with Gasteiger partial charge in [0, 0.05) is 25.2 Å². The Balaban J connectivity index is 2.08. The molecule has 0 spiro atoms. The molecule has 1 N–H and O–H groups in total. The second kappa shape index (κ2) is 7.07. The summed E-state index contributed by atoms with van der Waals surface area (Å²) in [6, 6.07) is 0.696. The number of morpholine rings is 1. The van der Waals surface area contributed by atoms with E-state index in [4.69, 9.17) is 9.47 Å². The number of carbonyl (C=O) groups excluding carboxylic acids is 1. The highest BCUT2D eigenvalue weighted by atomic mass is 16.5. The maximum Gasteiger partial charge on any atom is 0.327 e. The van der Waals surface area contributed by atoms with E-state index < -0.39 is 5.54 Å². The highest BCUT2D eigenvalue weighted by Crippen LogP contribution is 2.30. The van der Waals surface area contributed by atoms with Crippen LogP contribution in [0.25, 0.3) is 0 Å². The number of nitrogens with one attached hydrogen (secondary N) is 1. The Morgan fingerprint density at radius 3 is 2.90 bits per heavy atom. The van der Waals surface area contributed by atoms with Crippen LogP contribution >= 0.6 is 0 Å². The van der Waals surface area contributed by atoms with Crippen LogP contribution in [0.3, 0.4) is 0 Å². The molecule has 5 heteroatoms. The number of esters is 1. The van der Waals surface area contributed by atoms with Crippen LogP contribution in [-0.4, -0.2) is 60.9 Å². The summed E-state index contributed by atoms with van der Waals surface area (Å²) in [4.78, 5) is 14.8. The normalized spacial score (nSPS) is 29.2. The smallest absolute Gasteiger partial charge is 0.327 e. The summed E-state index contributed by atoms with van der Waals surface area (Å²) in [5, 5.41) is 3.41. The van der Waals surface area contributed by atoms with Crippen molar-refractivity contribution in [3.63, 3.8) is 0 Å². The zero-order valence-electron chi connectivity index (χ0n) is 13.9. The van der Waals surface area contributed by atoms with Gasteiger partial charge in [0.1, 0.15) is 5.54 Å². The summed E-state index contributed by atoms with van der Waals surface area (Å²) < 4.78 is 11.2. The van der Waals surface area contributed by atoms with Crippen LogP contribution in [0.1, 0.15) is 47.0 Å². The van der Waals surface area contributed by atoms with Crippen LogP contribution in [0.15, 0.2) is 0 Å². The highest BCUT2D eigenvalue weighted by Gasteiger charge is 2.43. The van der Waals surface area contributed by atoms with Gasteiger partial charge < -0.3 is 9.47 Å². The van der Waals surface area contributed by atoms with Crippen molar-refractivity contribution in [1.29, 1.82) is 0 Å². The molecule has 0 radical (unpaired) electrons. The minimum atomic E-state index is -0.658. The Morgan fingerprint density at radius 1 is 1.48 bits per heavy atom. The summed E-state index contributed by atoms with van der Waals surface area (Å²) in [6.07, 6.45) is 3.89. The zero-order valence-corrected chi connectivity index (χ0v) is 13.9. The molecular weight excluding hydrogens is 268 g/mol. The third-order valence-electron chi connectivity index (χ3n) is 4.45. The van der Waals surface area contributed by atoms with Crippen LogP contribution in [0, 0.1) is 0 Å². The number of hydrogen-bond acceptors (Lipinski definition) is 5. The molecule has 1 saturated carbocycles. The minimum absolute atomic E-state index is 0.153. The van der Waals surface area contributed by atoms with Crippen LogP contribution in [0.2, 0.25) is 0 Å². The van der Waals surface area contributed by atoms with E-state index in [0.717, 1.165) is 19.6 Å². The van der Waals surface area contributed by atoms with Gasteiger partial charge in [0.25, 0.3) is 0 Å². The summed E-state index contributed by atoms with van der Waals surface area (Å²) in [5.74, 6) is -0.153. The molecule has 1 saturated heterocycles. The number of fused-ring (bicyclic) bond motifs is 1. The van der Waals surface area contributed by atoms with Crippen molar-refractivity contribution < 1.29 is 14.3 Å². The maximum absolute atomic E-state index is 12.4. The van der Waals surface area contributed by atoms with Gasteiger partial charge in [-0.05, 0) is 47.0 Å². The van der Waals surface area contributed by atoms with E-state index in [1.807, 2.05) is 13.8 Å². The Labute approximate surface area is 128 Å². The van der Waals surface area contributed by atoms with Gasteiger partial charge in [-0.25, -0.2) is 0 Å². The van der Waals surface area contributed by atoms with Crippen molar-refractivity contribution in [2.75, 3.05) is 26.3 Å². The Kier molecular flexibility index (Phi) is 5.63. The fourth-order valence-electron chi connectivity index (χ4n) is 3.70. The molecule has 1 heterocycles. The van der Waals surface area contributed by atoms with Gasteiger partial charge in [0.2, 0.25) is 0 Å². The molecule has 1 aliphatic heterocycles. The van der Waals surface area contributed by atoms with E-state index in [0.29, 0.717) is 25.3 Å². The average molecular weight is 298 g/mol. The van der Waals surface area contributed by atoms with E-state index in [1.54, 1.807) is 0 Å². The first-order valence-electron chi connectivity index (χ1n) is 8.27. The van der Waals surface area contributed by atoms with Crippen molar-refractivity contribution in [2.24, 2.45) is 0 Å². The number of nitrogens with zero attached hydrogens (tertiary/aromatic N) is 1. The van der Waals surface area contributed by atoms with Gasteiger partial charge in [-0.2, -0.15) is 0 Å². The largest absolute Gasteiger partial charge is 0.465 e. The lowest BCUT2D eigenvalue weighted by molar-refractivity contribution is -0.153. The van der Waals surface area contributed by atoms with Crippen LogP contribution in [0.4, 0.5) is 0 Å². The summed E-state index contributed by atoms with van der Waals surface area (Å²) in [7, 11) is 0. The first kappa shape index (κ1) is 16.7.